The average molecular weight is 319 g/mol. The van der Waals surface area contributed by atoms with E-state index in [-0.39, 0.29) is 6.10 Å². The number of aromatic nitrogens is 3. The van der Waals surface area contributed by atoms with E-state index >= 15 is 0 Å². The van der Waals surface area contributed by atoms with Crippen molar-refractivity contribution in [2.45, 2.75) is 33.3 Å². The molecule has 3 rings (SSSR count). The highest BCUT2D eigenvalue weighted by Crippen LogP contribution is 2.28. The first-order chi connectivity index (χ1) is 11.2. The Hall–Kier alpha value is -1.73. The van der Waals surface area contributed by atoms with Gasteiger partial charge in [0.1, 0.15) is 17.5 Å². The predicted octanol–water partition coefficient (Wildman–Crippen LogP) is 1.86. The normalized spacial score (nSPS) is 18.4. The highest BCUT2D eigenvalue weighted by molar-refractivity contribution is 5.87. The second-order valence-electron chi connectivity index (χ2n) is 5.90. The van der Waals surface area contributed by atoms with E-state index in [1.165, 1.54) is 6.33 Å². The van der Waals surface area contributed by atoms with Gasteiger partial charge in [0.15, 0.2) is 0 Å². The van der Waals surface area contributed by atoms with Crippen LogP contribution in [0, 0.1) is 6.92 Å². The van der Waals surface area contributed by atoms with Gasteiger partial charge in [0.2, 0.25) is 0 Å². The first kappa shape index (κ1) is 16.1. The van der Waals surface area contributed by atoms with Gasteiger partial charge in [0, 0.05) is 19.6 Å². The van der Waals surface area contributed by atoms with Crippen molar-refractivity contribution in [1.29, 1.82) is 0 Å². The van der Waals surface area contributed by atoms with Crippen molar-refractivity contribution in [2.75, 3.05) is 44.2 Å². The lowest BCUT2D eigenvalue weighted by atomic mass is 10.3. The Kier molecular flexibility index (Phi) is 5.07. The van der Waals surface area contributed by atoms with Gasteiger partial charge in [-0.15, -0.1) is 0 Å². The van der Waals surface area contributed by atoms with Gasteiger partial charge in [-0.2, -0.15) is 4.98 Å². The van der Waals surface area contributed by atoms with Crippen molar-refractivity contribution in [3.8, 4) is 0 Å². The predicted molar refractivity (Wildman–Crippen MR) is 88.7 cm³/mol. The van der Waals surface area contributed by atoms with Crippen LogP contribution in [-0.2, 0) is 4.74 Å². The zero-order valence-corrected chi connectivity index (χ0v) is 14.2. The van der Waals surface area contributed by atoms with E-state index in [0.29, 0.717) is 5.71 Å². The fourth-order valence-electron chi connectivity index (χ4n) is 3.09. The lowest BCUT2D eigenvalue weighted by Crippen LogP contribution is -2.30. The topological polar surface area (TPSA) is 67.5 Å². The number of ether oxygens (including phenoxy) is 1. The van der Waals surface area contributed by atoms with Crippen molar-refractivity contribution in [3.63, 3.8) is 0 Å². The molecule has 1 saturated heterocycles. The second-order valence-corrected chi connectivity index (χ2v) is 5.90. The minimum atomic E-state index is 0.260. The number of hydrogen-bond donors (Lipinski definition) is 0. The van der Waals surface area contributed by atoms with Crippen molar-refractivity contribution in [1.82, 2.24) is 20.0 Å². The summed E-state index contributed by atoms with van der Waals surface area (Å²) in [6.45, 7) is 12.0. The van der Waals surface area contributed by atoms with Crippen LogP contribution in [-0.4, -0.2) is 65.5 Å². The van der Waals surface area contributed by atoms with E-state index in [0.717, 1.165) is 62.6 Å². The molecule has 0 radical (unpaired) electrons. The van der Waals surface area contributed by atoms with E-state index in [4.69, 9.17) is 9.26 Å². The monoisotopic (exact) mass is 319 g/mol. The maximum Gasteiger partial charge on any atom is 0.263 e. The summed E-state index contributed by atoms with van der Waals surface area (Å²) in [5.74, 6) is 0.906. The van der Waals surface area contributed by atoms with Crippen molar-refractivity contribution < 1.29 is 9.26 Å². The van der Waals surface area contributed by atoms with Gasteiger partial charge in [0.05, 0.1) is 18.4 Å². The van der Waals surface area contributed by atoms with Gasteiger partial charge in [-0.3, -0.25) is 0 Å². The third kappa shape index (κ3) is 3.45. The average Bonchev–Trinajstić information content (AvgIpc) is 3.19. The molecule has 2 aromatic heterocycles. The molecule has 0 spiro atoms. The van der Waals surface area contributed by atoms with Gasteiger partial charge in [0.25, 0.3) is 5.71 Å². The molecule has 1 aliphatic rings. The molecule has 0 bridgehead atoms. The Balaban J connectivity index is 1.60. The lowest BCUT2D eigenvalue weighted by molar-refractivity contribution is 0.0520. The Bertz CT molecular complexity index is 640. The van der Waals surface area contributed by atoms with Crippen LogP contribution in [0.1, 0.15) is 26.0 Å². The fraction of sp³-hybridized carbons (Fsp3) is 0.688. The summed E-state index contributed by atoms with van der Waals surface area (Å²) in [5.41, 5.74) is 1.39. The molecular formula is C16H25N5O2. The molecule has 3 heterocycles. The zero-order valence-electron chi connectivity index (χ0n) is 14.2. The molecule has 23 heavy (non-hydrogen) atoms. The van der Waals surface area contributed by atoms with Crippen LogP contribution in [0.25, 0.3) is 11.1 Å². The number of aryl methyl sites for hydroxylation is 1. The van der Waals surface area contributed by atoms with Crippen molar-refractivity contribution in [2.24, 2.45) is 0 Å². The Morgan fingerprint density at radius 1 is 1.35 bits per heavy atom. The molecule has 1 unspecified atom stereocenters. The van der Waals surface area contributed by atoms with Crippen LogP contribution in [0.2, 0.25) is 0 Å². The second kappa shape index (κ2) is 7.23. The molecule has 1 aliphatic heterocycles. The zero-order chi connectivity index (χ0) is 16.2. The van der Waals surface area contributed by atoms with Gasteiger partial charge in [-0.25, -0.2) is 4.98 Å². The molecule has 2 aromatic rings. The summed E-state index contributed by atoms with van der Waals surface area (Å²) < 4.78 is 11.3. The summed E-state index contributed by atoms with van der Waals surface area (Å²) in [6.07, 6.45) is 2.82. The number of likely N-dealkylation sites (N-methyl/N-ethyl adjacent to an activating group) is 1. The molecule has 0 N–H and O–H groups in total. The molecule has 7 heteroatoms. The van der Waals surface area contributed by atoms with Crippen LogP contribution < -0.4 is 4.90 Å². The summed E-state index contributed by atoms with van der Waals surface area (Å²) in [4.78, 5) is 13.2. The maximum absolute atomic E-state index is 6.05. The number of anilines is 1. The number of hydrogen-bond acceptors (Lipinski definition) is 7. The highest BCUT2D eigenvalue weighted by atomic mass is 16.5. The highest BCUT2D eigenvalue weighted by Gasteiger charge is 2.27. The third-order valence-electron chi connectivity index (χ3n) is 4.52. The van der Waals surface area contributed by atoms with Gasteiger partial charge < -0.3 is 19.1 Å². The smallest absolute Gasteiger partial charge is 0.263 e. The number of nitrogens with zero attached hydrogens (tertiary/aromatic N) is 5. The molecule has 126 valence electrons. The van der Waals surface area contributed by atoms with Gasteiger partial charge in [-0.1, -0.05) is 19.0 Å². The van der Waals surface area contributed by atoms with E-state index < -0.39 is 0 Å². The molecular weight excluding hydrogens is 294 g/mol. The third-order valence-corrected chi connectivity index (χ3v) is 4.52. The standard InChI is InChI=1S/C16H25N5O2/c1-4-20(5-2)8-9-22-13-6-7-21(10-13)15-14-12(3)19-23-16(14)18-11-17-15/h11,13H,4-10H2,1-3H3. The number of fused-ring (bicyclic) bond motifs is 1. The molecule has 0 amide bonds. The van der Waals surface area contributed by atoms with E-state index in [9.17, 15) is 0 Å². The first-order valence-corrected chi connectivity index (χ1v) is 8.38. The molecule has 0 saturated carbocycles. The quantitative estimate of drug-likeness (QED) is 0.771. The fourth-order valence-corrected chi connectivity index (χ4v) is 3.09. The first-order valence-electron chi connectivity index (χ1n) is 8.38. The minimum Gasteiger partial charge on any atom is -0.375 e. The van der Waals surface area contributed by atoms with Crippen LogP contribution in [0.15, 0.2) is 10.9 Å². The maximum atomic E-state index is 6.05. The summed E-state index contributed by atoms with van der Waals surface area (Å²) in [6, 6.07) is 0. The Morgan fingerprint density at radius 2 is 2.17 bits per heavy atom. The Labute approximate surface area is 136 Å². The van der Waals surface area contributed by atoms with E-state index in [1.54, 1.807) is 0 Å². The summed E-state index contributed by atoms with van der Waals surface area (Å²) >= 11 is 0. The summed E-state index contributed by atoms with van der Waals surface area (Å²) in [5, 5.41) is 4.91. The largest absolute Gasteiger partial charge is 0.375 e. The van der Waals surface area contributed by atoms with Gasteiger partial charge >= 0.3 is 0 Å². The van der Waals surface area contributed by atoms with Crippen LogP contribution in [0.5, 0.6) is 0 Å². The molecule has 0 aromatic carbocycles. The SMILES string of the molecule is CCN(CC)CCOC1CCN(c2ncnc3onc(C)c23)C1. The number of rotatable bonds is 7. The minimum absolute atomic E-state index is 0.260. The molecule has 1 atom stereocenters. The van der Waals surface area contributed by atoms with Crippen LogP contribution >= 0.6 is 0 Å². The van der Waals surface area contributed by atoms with Gasteiger partial charge in [-0.05, 0) is 26.4 Å². The van der Waals surface area contributed by atoms with E-state index in [2.05, 4.69) is 38.8 Å². The van der Waals surface area contributed by atoms with E-state index in [1.807, 2.05) is 6.92 Å². The summed E-state index contributed by atoms with van der Waals surface area (Å²) in [7, 11) is 0. The molecule has 7 nitrogen and oxygen atoms in total. The van der Waals surface area contributed by atoms with Crippen LogP contribution in [0.3, 0.4) is 0 Å². The molecule has 1 fully saturated rings. The Morgan fingerprint density at radius 3 is 2.96 bits per heavy atom. The lowest BCUT2D eigenvalue weighted by Gasteiger charge is -2.20. The van der Waals surface area contributed by atoms with Crippen LogP contribution in [0.4, 0.5) is 5.82 Å². The van der Waals surface area contributed by atoms with Crippen molar-refractivity contribution in [3.05, 3.63) is 12.0 Å². The molecule has 0 aliphatic carbocycles. The van der Waals surface area contributed by atoms with Crippen molar-refractivity contribution >= 4 is 16.9 Å².